The van der Waals surface area contributed by atoms with Crippen LogP contribution in [0.1, 0.15) is 34.6 Å². The van der Waals surface area contributed by atoms with Crippen LogP contribution in [0, 0.1) is 19.8 Å². The fourth-order valence-electron chi connectivity index (χ4n) is 2.84. The highest BCUT2D eigenvalue weighted by atomic mass is 32.1. The van der Waals surface area contributed by atoms with Gasteiger partial charge < -0.3 is 10.6 Å². The highest BCUT2D eigenvalue weighted by molar-refractivity contribution is 7.15. The normalized spacial score (nSPS) is 12.0. The van der Waals surface area contributed by atoms with Crippen molar-refractivity contribution in [2.24, 2.45) is 5.92 Å². The molecular weight excluding hydrogens is 372 g/mol. The first-order valence-corrected chi connectivity index (χ1v) is 9.95. The van der Waals surface area contributed by atoms with Gasteiger partial charge in [0, 0.05) is 16.5 Å². The molecule has 6 nitrogen and oxygen atoms in total. The molecule has 0 aliphatic carbocycles. The molecular formula is C21H24N4O2S. The van der Waals surface area contributed by atoms with Gasteiger partial charge in [0.1, 0.15) is 6.04 Å². The maximum Gasteiger partial charge on any atom is 0.251 e. The molecule has 1 unspecified atom stereocenters. The standard InChI is InChI=1S/C21H24N4O2S/c1-12(2)19(23-20(26)15-7-5-6-13(3)10-15)21(27)22-18-11-16(24-25-18)17-9-8-14(4)28-17/h5-12,19H,1-4H3,(H,23,26)(H2,22,24,25,27). The van der Waals surface area contributed by atoms with Crippen LogP contribution in [0.2, 0.25) is 0 Å². The summed E-state index contributed by atoms with van der Waals surface area (Å²) in [5.74, 6) is -0.209. The molecule has 1 atom stereocenters. The topological polar surface area (TPSA) is 86.9 Å². The van der Waals surface area contributed by atoms with E-state index in [2.05, 4.69) is 20.8 Å². The minimum Gasteiger partial charge on any atom is -0.340 e. The van der Waals surface area contributed by atoms with E-state index in [-0.39, 0.29) is 17.7 Å². The Hall–Kier alpha value is -2.93. The molecule has 2 heterocycles. The number of anilines is 1. The van der Waals surface area contributed by atoms with Crippen molar-refractivity contribution in [2.45, 2.75) is 33.7 Å². The molecule has 0 fully saturated rings. The molecule has 0 aliphatic rings. The van der Waals surface area contributed by atoms with Crippen molar-refractivity contribution >= 4 is 29.0 Å². The number of hydrogen-bond donors (Lipinski definition) is 3. The van der Waals surface area contributed by atoms with E-state index in [9.17, 15) is 9.59 Å². The van der Waals surface area contributed by atoms with Crippen molar-refractivity contribution in [1.29, 1.82) is 0 Å². The molecule has 0 bridgehead atoms. The summed E-state index contributed by atoms with van der Waals surface area (Å²) in [6.07, 6.45) is 0. The number of thiophene rings is 1. The number of nitrogens with zero attached hydrogens (tertiary/aromatic N) is 1. The van der Waals surface area contributed by atoms with Gasteiger partial charge in [-0.1, -0.05) is 31.5 Å². The highest BCUT2D eigenvalue weighted by Crippen LogP contribution is 2.27. The van der Waals surface area contributed by atoms with Crippen LogP contribution < -0.4 is 10.6 Å². The summed E-state index contributed by atoms with van der Waals surface area (Å²) in [5.41, 5.74) is 2.37. The minimum absolute atomic E-state index is 0.0767. The molecule has 146 valence electrons. The Balaban J connectivity index is 1.69. The van der Waals surface area contributed by atoms with Crippen LogP contribution in [0.4, 0.5) is 5.82 Å². The van der Waals surface area contributed by atoms with Crippen molar-refractivity contribution in [1.82, 2.24) is 15.5 Å². The van der Waals surface area contributed by atoms with Crippen molar-refractivity contribution in [3.05, 3.63) is 58.5 Å². The number of aryl methyl sites for hydroxylation is 2. The van der Waals surface area contributed by atoms with Gasteiger partial charge in [-0.3, -0.25) is 14.7 Å². The lowest BCUT2D eigenvalue weighted by Gasteiger charge is -2.21. The van der Waals surface area contributed by atoms with E-state index in [1.807, 2.05) is 52.0 Å². The second kappa shape index (κ2) is 8.39. The third-order valence-corrected chi connectivity index (χ3v) is 5.38. The summed E-state index contributed by atoms with van der Waals surface area (Å²) in [6.45, 7) is 7.75. The summed E-state index contributed by atoms with van der Waals surface area (Å²) in [7, 11) is 0. The van der Waals surface area contributed by atoms with Crippen molar-refractivity contribution in [2.75, 3.05) is 5.32 Å². The quantitative estimate of drug-likeness (QED) is 0.585. The van der Waals surface area contributed by atoms with E-state index < -0.39 is 6.04 Å². The lowest BCUT2D eigenvalue weighted by Crippen LogP contribution is -2.47. The van der Waals surface area contributed by atoms with Crippen LogP contribution in [0.15, 0.2) is 42.5 Å². The van der Waals surface area contributed by atoms with E-state index in [1.165, 1.54) is 4.88 Å². The first kappa shape index (κ1) is 19.8. The molecule has 7 heteroatoms. The number of H-pyrrole nitrogens is 1. The zero-order valence-electron chi connectivity index (χ0n) is 16.4. The summed E-state index contributed by atoms with van der Waals surface area (Å²) in [5, 5.41) is 12.7. The lowest BCUT2D eigenvalue weighted by atomic mass is 10.0. The molecule has 3 aromatic rings. The Morgan fingerprint density at radius 3 is 2.54 bits per heavy atom. The fraction of sp³-hybridized carbons (Fsp3) is 0.286. The molecule has 3 N–H and O–H groups in total. The number of aromatic amines is 1. The van der Waals surface area contributed by atoms with Crippen molar-refractivity contribution in [3.8, 4) is 10.6 Å². The number of rotatable bonds is 6. The van der Waals surface area contributed by atoms with Gasteiger partial charge in [-0.25, -0.2) is 0 Å². The van der Waals surface area contributed by atoms with Crippen LogP contribution in [-0.2, 0) is 4.79 Å². The summed E-state index contributed by atoms with van der Waals surface area (Å²) < 4.78 is 0. The van der Waals surface area contributed by atoms with E-state index >= 15 is 0 Å². The Morgan fingerprint density at radius 1 is 1.11 bits per heavy atom. The Bertz CT molecular complexity index is 990. The first-order chi connectivity index (χ1) is 13.3. The molecule has 0 saturated heterocycles. The largest absolute Gasteiger partial charge is 0.340 e. The molecule has 3 rings (SSSR count). The molecule has 0 saturated carbocycles. The van der Waals surface area contributed by atoms with Crippen LogP contribution >= 0.6 is 11.3 Å². The number of carbonyl (C=O) groups is 2. The van der Waals surface area contributed by atoms with Crippen LogP contribution in [-0.4, -0.2) is 28.1 Å². The van der Waals surface area contributed by atoms with E-state index in [1.54, 1.807) is 29.5 Å². The summed E-state index contributed by atoms with van der Waals surface area (Å²) >= 11 is 1.65. The van der Waals surface area contributed by atoms with E-state index in [0.717, 1.165) is 16.1 Å². The third kappa shape index (κ3) is 4.67. The number of aromatic nitrogens is 2. The first-order valence-electron chi connectivity index (χ1n) is 9.14. The zero-order valence-corrected chi connectivity index (χ0v) is 17.2. The molecule has 0 aliphatic heterocycles. The molecule has 0 spiro atoms. The summed E-state index contributed by atoms with van der Waals surface area (Å²) in [4.78, 5) is 27.6. The third-order valence-electron chi connectivity index (χ3n) is 4.35. The van der Waals surface area contributed by atoms with Crippen molar-refractivity contribution in [3.63, 3.8) is 0 Å². The van der Waals surface area contributed by atoms with Gasteiger partial charge in [0.2, 0.25) is 5.91 Å². The smallest absolute Gasteiger partial charge is 0.251 e. The summed E-state index contributed by atoms with van der Waals surface area (Å²) in [6, 6.07) is 12.5. The number of nitrogens with one attached hydrogen (secondary N) is 3. The van der Waals surface area contributed by atoms with Gasteiger partial charge in [-0.15, -0.1) is 11.3 Å². The van der Waals surface area contributed by atoms with Gasteiger partial charge in [-0.05, 0) is 44.0 Å². The van der Waals surface area contributed by atoms with Crippen LogP contribution in [0.3, 0.4) is 0 Å². The van der Waals surface area contributed by atoms with Gasteiger partial charge in [0.05, 0.1) is 10.6 Å². The Morgan fingerprint density at radius 2 is 1.89 bits per heavy atom. The van der Waals surface area contributed by atoms with Gasteiger partial charge in [0.25, 0.3) is 5.91 Å². The predicted molar refractivity (Wildman–Crippen MR) is 113 cm³/mol. The number of hydrogen-bond acceptors (Lipinski definition) is 4. The second-order valence-electron chi connectivity index (χ2n) is 7.13. The Labute approximate surface area is 168 Å². The predicted octanol–water partition coefficient (Wildman–Crippen LogP) is 4.15. The van der Waals surface area contributed by atoms with Gasteiger partial charge in [0.15, 0.2) is 5.82 Å². The highest BCUT2D eigenvalue weighted by Gasteiger charge is 2.25. The second-order valence-corrected chi connectivity index (χ2v) is 8.42. The minimum atomic E-state index is -0.669. The molecule has 2 aromatic heterocycles. The number of carbonyl (C=O) groups excluding carboxylic acids is 2. The molecule has 1 aromatic carbocycles. The monoisotopic (exact) mass is 396 g/mol. The van der Waals surface area contributed by atoms with Crippen molar-refractivity contribution < 1.29 is 9.59 Å². The number of benzene rings is 1. The molecule has 28 heavy (non-hydrogen) atoms. The lowest BCUT2D eigenvalue weighted by molar-refractivity contribution is -0.118. The van der Waals surface area contributed by atoms with Crippen LogP contribution in [0.5, 0.6) is 0 Å². The average molecular weight is 397 g/mol. The van der Waals surface area contributed by atoms with E-state index in [4.69, 9.17) is 0 Å². The molecule has 2 amide bonds. The zero-order chi connectivity index (χ0) is 20.3. The fourth-order valence-corrected chi connectivity index (χ4v) is 3.67. The van der Waals surface area contributed by atoms with Gasteiger partial charge in [-0.2, -0.15) is 5.10 Å². The van der Waals surface area contributed by atoms with Crippen LogP contribution in [0.25, 0.3) is 10.6 Å². The average Bonchev–Trinajstić information content (AvgIpc) is 3.28. The van der Waals surface area contributed by atoms with Gasteiger partial charge >= 0.3 is 0 Å². The maximum atomic E-state index is 12.8. The van der Waals surface area contributed by atoms with E-state index in [0.29, 0.717) is 11.4 Å². The maximum absolute atomic E-state index is 12.8. The SMILES string of the molecule is Cc1cccc(C(=O)NC(C(=O)Nc2cc(-c3ccc(C)s3)[nH]n2)C(C)C)c1. The number of amides is 2. The Kier molecular flexibility index (Phi) is 5.94. The molecule has 0 radical (unpaired) electrons.